The summed E-state index contributed by atoms with van der Waals surface area (Å²) in [5.74, 6) is 1.69. The fourth-order valence-corrected chi connectivity index (χ4v) is 1.87. The minimum atomic E-state index is 0.0711. The van der Waals surface area contributed by atoms with Crippen LogP contribution >= 0.6 is 0 Å². The number of benzene rings is 1. The number of ether oxygens (including phenoxy) is 1. The molecule has 0 radical (unpaired) electrons. The molecule has 0 spiro atoms. The van der Waals surface area contributed by atoms with E-state index in [1.54, 1.807) is 0 Å². The maximum absolute atomic E-state index is 5.85. The normalized spacial score (nSPS) is 12.6. The molecule has 3 nitrogen and oxygen atoms in total. The van der Waals surface area contributed by atoms with Gasteiger partial charge in [0.1, 0.15) is 11.5 Å². The number of nitrogens with two attached hydrogens (primary N) is 1. The Kier molecular flexibility index (Phi) is 4.18. The number of rotatable bonds is 5. The van der Waals surface area contributed by atoms with Gasteiger partial charge in [-0.3, -0.25) is 0 Å². The van der Waals surface area contributed by atoms with Crippen LogP contribution in [0.15, 0.2) is 40.8 Å². The van der Waals surface area contributed by atoms with Gasteiger partial charge in [0, 0.05) is 5.56 Å². The summed E-state index contributed by atoms with van der Waals surface area (Å²) >= 11 is 0. The zero-order valence-corrected chi connectivity index (χ0v) is 10.8. The van der Waals surface area contributed by atoms with Gasteiger partial charge in [-0.15, -0.1) is 0 Å². The Morgan fingerprint density at radius 1 is 1.28 bits per heavy atom. The van der Waals surface area contributed by atoms with Gasteiger partial charge in [0.25, 0.3) is 0 Å². The first-order chi connectivity index (χ1) is 8.70. The van der Waals surface area contributed by atoms with E-state index in [1.807, 2.05) is 31.2 Å². The van der Waals surface area contributed by atoms with E-state index in [1.165, 1.54) is 5.56 Å². The second-order valence-electron chi connectivity index (χ2n) is 4.36. The predicted molar refractivity (Wildman–Crippen MR) is 71.0 cm³/mol. The minimum Gasteiger partial charge on any atom is -0.465 e. The van der Waals surface area contributed by atoms with Gasteiger partial charge in [-0.25, -0.2) is 0 Å². The first-order valence-electron chi connectivity index (χ1n) is 6.15. The van der Waals surface area contributed by atoms with Gasteiger partial charge in [0.15, 0.2) is 0 Å². The van der Waals surface area contributed by atoms with E-state index in [4.69, 9.17) is 14.9 Å². The second kappa shape index (κ2) is 5.85. The highest BCUT2D eigenvalue weighted by molar-refractivity contribution is 5.20. The van der Waals surface area contributed by atoms with Crippen LogP contribution in [0.2, 0.25) is 0 Å². The van der Waals surface area contributed by atoms with Crippen molar-refractivity contribution in [2.75, 3.05) is 0 Å². The van der Waals surface area contributed by atoms with Crippen molar-refractivity contribution in [1.82, 2.24) is 0 Å². The standard InChI is InChI=1S/C15H19NO2/c1-11(13-6-4-3-5-7-13)17-10-14-8-15(9-16)18-12(14)2/h3-8,11H,9-10,16H2,1-2H3. The van der Waals surface area contributed by atoms with Gasteiger partial charge >= 0.3 is 0 Å². The molecule has 0 aliphatic carbocycles. The molecule has 0 amide bonds. The Morgan fingerprint density at radius 2 is 2.00 bits per heavy atom. The number of hydrogen-bond donors (Lipinski definition) is 1. The van der Waals surface area contributed by atoms with Crippen molar-refractivity contribution in [2.45, 2.75) is 33.1 Å². The molecule has 1 aromatic heterocycles. The molecule has 1 atom stereocenters. The summed E-state index contributed by atoms with van der Waals surface area (Å²) < 4.78 is 11.3. The number of hydrogen-bond acceptors (Lipinski definition) is 3. The van der Waals surface area contributed by atoms with Crippen LogP contribution in [0.4, 0.5) is 0 Å². The van der Waals surface area contributed by atoms with E-state index < -0.39 is 0 Å². The quantitative estimate of drug-likeness (QED) is 0.879. The van der Waals surface area contributed by atoms with Crippen LogP contribution in [0.1, 0.15) is 35.7 Å². The molecule has 18 heavy (non-hydrogen) atoms. The molecule has 0 aliphatic heterocycles. The first-order valence-corrected chi connectivity index (χ1v) is 6.15. The van der Waals surface area contributed by atoms with Gasteiger partial charge in [0.05, 0.1) is 19.3 Å². The van der Waals surface area contributed by atoms with Crippen molar-refractivity contribution in [2.24, 2.45) is 5.73 Å². The summed E-state index contributed by atoms with van der Waals surface area (Å²) in [4.78, 5) is 0. The number of furan rings is 1. The summed E-state index contributed by atoms with van der Waals surface area (Å²) in [5, 5.41) is 0. The Bertz CT molecular complexity index is 490. The predicted octanol–water partition coefficient (Wildman–Crippen LogP) is 3.32. The molecular formula is C15H19NO2. The zero-order valence-electron chi connectivity index (χ0n) is 10.8. The fourth-order valence-electron chi connectivity index (χ4n) is 1.87. The molecule has 0 aliphatic rings. The fraction of sp³-hybridized carbons (Fsp3) is 0.333. The van der Waals surface area contributed by atoms with Gasteiger partial charge in [-0.2, -0.15) is 0 Å². The highest BCUT2D eigenvalue weighted by Crippen LogP contribution is 2.21. The summed E-state index contributed by atoms with van der Waals surface area (Å²) in [7, 11) is 0. The van der Waals surface area contributed by atoms with E-state index in [9.17, 15) is 0 Å². The Balaban J connectivity index is 1.97. The van der Waals surface area contributed by atoms with E-state index >= 15 is 0 Å². The summed E-state index contributed by atoms with van der Waals surface area (Å²) in [6.45, 7) is 4.96. The molecule has 2 aromatic rings. The molecule has 1 unspecified atom stereocenters. The zero-order chi connectivity index (χ0) is 13.0. The molecule has 1 heterocycles. The van der Waals surface area contributed by atoms with Crippen molar-refractivity contribution in [3.63, 3.8) is 0 Å². The molecule has 2 N–H and O–H groups in total. The molecular weight excluding hydrogens is 226 g/mol. The molecule has 2 rings (SSSR count). The first kappa shape index (κ1) is 12.9. The van der Waals surface area contributed by atoms with E-state index in [0.717, 1.165) is 17.1 Å². The monoisotopic (exact) mass is 245 g/mol. The van der Waals surface area contributed by atoms with Crippen molar-refractivity contribution >= 4 is 0 Å². The third kappa shape index (κ3) is 3.00. The Morgan fingerprint density at radius 3 is 2.61 bits per heavy atom. The smallest absolute Gasteiger partial charge is 0.118 e. The average molecular weight is 245 g/mol. The van der Waals surface area contributed by atoms with Gasteiger partial charge in [-0.1, -0.05) is 30.3 Å². The van der Waals surface area contributed by atoms with Crippen LogP contribution < -0.4 is 5.73 Å². The minimum absolute atomic E-state index is 0.0711. The molecule has 0 bridgehead atoms. The molecule has 1 aromatic carbocycles. The Hall–Kier alpha value is -1.58. The van der Waals surface area contributed by atoms with Gasteiger partial charge in [0.2, 0.25) is 0 Å². The Labute approximate surface area is 108 Å². The molecule has 3 heteroatoms. The van der Waals surface area contributed by atoms with Crippen LogP contribution in [0.25, 0.3) is 0 Å². The lowest BCUT2D eigenvalue weighted by molar-refractivity contribution is 0.0519. The lowest BCUT2D eigenvalue weighted by Gasteiger charge is -2.12. The summed E-state index contributed by atoms with van der Waals surface area (Å²) in [6, 6.07) is 12.1. The van der Waals surface area contributed by atoms with Crippen molar-refractivity contribution in [1.29, 1.82) is 0 Å². The summed E-state index contributed by atoms with van der Waals surface area (Å²) in [6.07, 6.45) is 0.0711. The largest absolute Gasteiger partial charge is 0.465 e. The van der Waals surface area contributed by atoms with Crippen LogP contribution in [-0.4, -0.2) is 0 Å². The topological polar surface area (TPSA) is 48.4 Å². The maximum atomic E-state index is 5.85. The molecule has 96 valence electrons. The van der Waals surface area contributed by atoms with E-state index in [-0.39, 0.29) is 6.10 Å². The van der Waals surface area contributed by atoms with E-state index in [0.29, 0.717) is 13.2 Å². The van der Waals surface area contributed by atoms with Crippen LogP contribution in [0.5, 0.6) is 0 Å². The second-order valence-corrected chi connectivity index (χ2v) is 4.36. The van der Waals surface area contributed by atoms with Crippen LogP contribution in [-0.2, 0) is 17.9 Å². The average Bonchev–Trinajstić information content (AvgIpc) is 2.77. The highest BCUT2D eigenvalue weighted by Gasteiger charge is 2.10. The molecule has 0 saturated heterocycles. The molecule has 0 fully saturated rings. The van der Waals surface area contributed by atoms with Crippen molar-refractivity contribution < 1.29 is 9.15 Å². The van der Waals surface area contributed by atoms with E-state index in [2.05, 4.69) is 19.1 Å². The summed E-state index contributed by atoms with van der Waals surface area (Å²) in [5.41, 5.74) is 7.79. The lowest BCUT2D eigenvalue weighted by Crippen LogP contribution is -2.00. The van der Waals surface area contributed by atoms with Crippen LogP contribution in [0, 0.1) is 6.92 Å². The third-order valence-corrected chi connectivity index (χ3v) is 3.03. The third-order valence-electron chi connectivity index (χ3n) is 3.03. The van der Waals surface area contributed by atoms with Gasteiger partial charge in [-0.05, 0) is 25.5 Å². The van der Waals surface area contributed by atoms with Gasteiger partial charge < -0.3 is 14.9 Å². The van der Waals surface area contributed by atoms with Crippen LogP contribution in [0.3, 0.4) is 0 Å². The maximum Gasteiger partial charge on any atom is 0.118 e. The number of aryl methyl sites for hydroxylation is 1. The lowest BCUT2D eigenvalue weighted by atomic mass is 10.1. The van der Waals surface area contributed by atoms with Crippen molar-refractivity contribution in [3.8, 4) is 0 Å². The highest BCUT2D eigenvalue weighted by atomic mass is 16.5. The molecule has 0 saturated carbocycles. The SMILES string of the molecule is Cc1oc(CN)cc1COC(C)c1ccccc1. The van der Waals surface area contributed by atoms with Crippen molar-refractivity contribution in [3.05, 3.63) is 59.0 Å².